The van der Waals surface area contributed by atoms with Gasteiger partial charge >= 0.3 is 0 Å². The summed E-state index contributed by atoms with van der Waals surface area (Å²) in [6.45, 7) is 0.480. The first-order chi connectivity index (χ1) is 16.9. The van der Waals surface area contributed by atoms with Gasteiger partial charge in [0.2, 0.25) is 11.8 Å². The molecule has 3 aromatic carbocycles. The van der Waals surface area contributed by atoms with Gasteiger partial charge in [0.15, 0.2) is 0 Å². The number of methoxy groups -OCH3 is 1. The minimum atomic E-state index is -0.604. The Morgan fingerprint density at radius 1 is 1.03 bits per heavy atom. The van der Waals surface area contributed by atoms with E-state index >= 15 is 0 Å². The number of rotatable bonds is 7. The lowest BCUT2D eigenvalue weighted by atomic mass is 10.1. The standard InChI is InChI=1S/C26H23Cl2N3O4/c1-35-18-11-9-16(10-12-18)14-29-26(34)19-5-2-3-7-21(19)30-25(33)17-13-23(32)31(15-17)22-8-4-6-20(27)24(22)28/h2-12,17H,13-15H2,1H3,(H,29,34)(H,30,33)/t17-/m1/s1. The highest BCUT2D eigenvalue weighted by molar-refractivity contribution is 6.44. The van der Waals surface area contributed by atoms with Crippen molar-refractivity contribution in [3.8, 4) is 5.75 Å². The first kappa shape index (κ1) is 24.6. The summed E-state index contributed by atoms with van der Waals surface area (Å²) in [5.74, 6) is -0.775. The highest BCUT2D eigenvalue weighted by Gasteiger charge is 2.36. The van der Waals surface area contributed by atoms with Gasteiger partial charge in [0.1, 0.15) is 5.75 Å². The number of nitrogens with one attached hydrogen (secondary N) is 2. The van der Waals surface area contributed by atoms with E-state index in [1.807, 2.05) is 24.3 Å². The molecule has 9 heteroatoms. The number of anilines is 2. The molecule has 1 saturated heterocycles. The molecule has 1 aliphatic rings. The predicted molar refractivity (Wildman–Crippen MR) is 136 cm³/mol. The number of carbonyl (C=O) groups excluding carboxylic acids is 3. The number of halogens is 2. The monoisotopic (exact) mass is 511 g/mol. The van der Waals surface area contributed by atoms with Gasteiger partial charge in [-0.1, -0.05) is 53.5 Å². The fraction of sp³-hybridized carbons (Fsp3) is 0.192. The zero-order valence-electron chi connectivity index (χ0n) is 18.9. The van der Waals surface area contributed by atoms with Crippen molar-refractivity contribution < 1.29 is 19.1 Å². The van der Waals surface area contributed by atoms with Gasteiger partial charge in [0.25, 0.3) is 5.91 Å². The van der Waals surface area contributed by atoms with Gasteiger partial charge in [-0.05, 0) is 42.0 Å². The minimum absolute atomic E-state index is 0.0283. The molecule has 0 unspecified atom stereocenters. The van der Waals surface area contributed by atoms with E-state index in [4.69, 9.17) is 27.9 Å². The lowest BCUT2D eigenvalue weighted by Gasteiger charge is -2.19. The Balaban J connectivity index is 1.42. The molecule has 0 aliphatic carbocycles. The Hall–Kier alpha value is -3.55. The molecule has 1 heterocycles. The largest absolute Gasteiger partial charge is 0.497 e. The molecule has 0 radical (unpaired) electrons. The summed E-state index contributed by atoms with van der Waals surface area (Å²) in [4.78, 5) is 39.9. The molecule has 1 fully saturated rings. The zero-order valence-corrected chi connectivity index (χ0v) is 20.4. The second kappa shape index (κ2) is 10.8. The molecule has 2 N–H and O–H groups in total. The highest BCUT2D eigenvalue weighted by atomic mass is 35.5. The smallest absolute Gasteiger partial charge is 0.253 e. The van der Waals surface area contributed by atoms with E-state index in [2.05, 4.69) is 10.6 Å². The summed E-state index contributed by atoms with van der Waals surface area (Å²) < 4.78 is 5.14. The van der Waals surface area contributed by atoms with Crippen LogP contribution in [0.4, 0.5) is 11.4 Å². The van der Waals surface area contributed by atoms with Crippen LogP contribution >= 0.6 is 23.2 Å². The van der Waals surface area contributed by atoms with Crippen LogP contribution in [-0.2, 0) is 16.1 Å². The maximum absolute atomic E-state index is 13.0. The van der Waals surface area contributed by atoms with Crippen LogP contribution in [0.25, 0.3) is 0 Å². The molecule has 0 saturated carbocycles. The third kappa shape index (κ3) is 5.58. The van der Waals surface area contributed by atoms with Gasteiger partial charge in [-0.25, -0.2) is 0 Å². The van der Waals surface area contributed by atoms with E-state index in [1.54, 1.807) is 49.6 Å². The zero-order chi connectivity index (χ0) is 24.9. The van der Waals surface area contributed by atoms with Crippen LogP contribution in [0.1, 0.15) is 22.3 Å². The van der Waals surface area contributed by atoms with Crippen molar-refractivity contribution in [3.05, 3.63) is 87.9 Å². The predicted octanol–water partition coefficient (Wildman–Crippen LogP) is 4.92. The van der Waals surface area contributed by atoms with Crippen molar-refractivity contribution in [2.45, 2.75) is 13.0 Å². The van der Waals surface area contributed by atoms with Crippen LogP contribution in [0.3, 0.4) is 0 Å². The molecule has 0 aromatic heterocycles. The number of hydrogen-bond donors (Lipinski definition) is 2. The fourth-order valence-corrected chi connectivity index (χ4v) is 4.26. The Morgan fingerprint density at radius 3 is 2.51 bits per heavy atom. The summed E-state index contributed by atoms with van der Waals surface area (Å²) in [6, 6.07) is 19.1. The molecule has 1 aliphatic heterocycles. The molecule has 1 atom stereocenters. The molecule has 3 amide bonds. The molecule has 0 bridgehead atoms. The second-order valence-corrected chi connectivity index (χ2v) is 8.83. The molecule has 0 spiro atoms. The normalized spacial score (nSPS) is 15.1. The molecule has 35 heavy (non-hydrogen) atoms. The van der Waals surface area contributed by atoms with Crippen LogP contribution in [0.2, 0.25) is 10.0 Å². The molecule has 4 rings (SSSR count). The van der Waals surface area contributed by atoms with Crippen molar-refractivity contribution in [1.82, 2.24) is 5.32 Å². The number of carbonyl (C=O) groups is 3. The van der Waals surface area contributed by atoms with Crippen LogP contribution < -0.4 is 20.3 Å². The van der Waals surface area contributed by atoms with Crippen molar-refractivity contribution in [2.24, 2.45) is 5.92 Å². The number of para-hydroxylation sites is 1. The van der Waals surface area contributed by atoms with Gasteiger partial charge in [-0.2, -0.15) is 0 Å². The van der Waals surface area contributed by atoms with E-state index in [0.29, 0.717) is 28.5 Å². The lowest BCUT2D eigenvalue weighted by Crippen LogP contribution is -2.29. The van der Waals surface area contributed by atoms with Gasteiger partial charge in [0, 0.05) is 19.5 Å². The van der Waals surface area contributed by atoms with Gasteiger partial charge in [-0.3, -0.25) is 14.4 Å². The number of ether oxygens (including phenoxy) is 1. The Bertz CT molecular complexity index is 1260. The number of amides is 3. The Kier molecular flexibility index (Phi) is 7.58. The third-order valence-electron chi connectivity index (χ3n) is 5.76. The van der Waals surface area contributed by atoms with Crippen molar-refractivity contribution in [2.75, 3.05) is 23.9 Å². The summed E-state index contributed by atoms with van der Waals surface area (Å²) in [6.07, 6.45) is 0.0283. The Labute approximate surface area is 213 Å². The fourth-order valence-electron chi connectivity index (χ4n) is 3.86. The van der Waals surface area contributed by atoms with E-state index in [9.17, 15) is 14.4 Å². The maximum Gasteiger partial charge on any atom is 0.253 e. The van der Waals surface area contributed by atoms with E-state index in [1.165, 1.54) is 4.90 Å². The van der Waals surface area contributed by atoms with Crippen LogP contribution in [0.5, 0.6) is 5.75 Å². The molecular formula is C26H23Cl2N3O4. The summed E-state index contributed by atoms with van der Waals surface area (Å²) in [5.41, 5.74) is 2.08. The third-order valence-corrected chi connectivity index (χ3v) is 6.57. The second-order valence-electron chi connectivity index (χ2n) is 8.04. The van der Waals surface area contributed by atoms with Crippen molar-refractivity contribution >= 4 is 52.3 Å². The number of hydrogen-bond acceptors (Lipinski definition) is 4. The number of nitrogens with zero attached hydrogens (tertiary/aromatic N) is 1. The summed E-state index contributed by atoms with van der Waals surface area (Å²) in [7, 11) is 1.59. The topological polar surface area (TPSA) is 87.7 Å². The van der Waals surface area contributed by atoms with E-state index < -0.39 is 5.92 Å². The quantitative estimate of drug-likeness (QED) is 0.471. The average Bonchev–Trinajstić information content (AvgIpc) is 3.26. The average molecular weight is 512 g/mol. The Morgan fingerprint density at radius 2 is 1.77 bits per heavy atom. The molecular weight excluding hydrogens is 489 g/mol. The van der Waals surface area contributed by atoms with Gasteiger partial charge in [0.05, 0.1) is 40.0 Å². The summed E-state index contributed by atoms with van der Waals surface area (Å²) in [5, 5.41) is 6.27. The SMILES string of the molecule is COc1ccc(CNC(=O)c2ccccc2NC(=O)[C@@H]2CC(=O)N(c3cccc(Cl)c3Cl)C2)cc1. The molecule has 3 aromatic rings. The van der Waals surface area contributed by atoms with Crippen LogP contribution in [0, 0.1) is 5.92 Å². The van der Waals surface area contributed by atoms with E-state index in [0.717, 1.165) is 11.3 Å². The van der Waals surface area contributed by atoms with Crippen molar-refractivity contribution in [3.63, 3.8) is 0 Å². The minimum Gasteiger partial charge on any atom is -0.497 e. The van der Waals surface area contributed by atoms with Gasteiger partial charge < -0.3 is 20.3 Å². The molecule has 180 valence electrons. The number of benzene rings is 3. The van der Waals surface area contributed by atoms with Gasteiger partial charge in [-0.15, -0.1) is 0 Å². The first-order valence-corrected chi connectivity index (χ1v) is 11.7. The van der Waals surface area contributed by atoms with Crippen LogP contribution in [0.15, 0.2) is 66.7 Å². The maximum atomic E-state index is 13.0. The lowest BCUT2D eigenvalue weighted by molar-refractivity contribution is -0.122. The van der Waals surface area contributed by atoms with Crippen LogP contribution in [-0.4, -0.2) is 31.4 Å². The molecule has 7 nitrogen and oxygen atoms in total. The first-order valence-electron chi connectivity index (χ1n) is 10.9. The highest BCUT2D eigenvalue weighted by Crippen LogP contribution is 2.36. The van der Waals surface area contributed by atoms with E-state index in [-0.39, 0.29) is 35.7 Å². The summed E-state index contributed by atoms with van der Waals surface area (Å²) >= 11 is 12.3. The van der Waals surface area contributed by atoms with Crippen molar-refractivity contribution in [1.29, 1.82) is 0 Å².